The maximum Gasteiger partial charge on any atom is 0.338 e. The lowest BCUT2D eigenvalue weighted by molar-refractivity contribution is -0.139. The molecule has 2 aliphatic rings. The first-order valence-corrected chi connectivity index (χ1v) is 9.35. The second kappa shape index (κ2) is 6.94. The van der Waals surface area contributed by atoms with Crippen LogP contribution in [0.5, 0.6) is 0 Å². The van der Waals surface area contributed by atoms with Gasteiger partial charge in [0.05, 0.1) is 41.6 Å². The monoisotopic (exact) mass is 393 g/mol. The lowest BCUT2D eigenvalue weighted by Crippen LogP contribution is -2.42. The van der Waals surface area contributed by atoms with Crippen molar-refractivity contribution in [2.45, 2.75) is 17.7 Å². The van der Waals surface area contributed by atoms with E-state index in [0.29, 0.717) is 16.4 Å². The molecule has 2 aromatic rings. The van der Waals surface area contributed by atoms with Crippen molar-refractivity contribution in [3.8, 4) is 6.07 Å². The minimum Gasteiger partial charge on any atom is -0.468 e. The zero-order valence-electron chi connectivity index (χ0n) is 14.8. The van der Waals surface area contributed by atoms with Crippen molar-refractivity contribution in [2.24, 2.45) is 5.73 Å². The number of rotatable bonds is 3. The topological polar surface area (TPSA) is 110 Å². The Morgan fingerprint density at radius 2 is 2.14 bits per heavy atom. The van der Waals surface area contributed by atoms with E-state index in [1.165, 1.54) is 22.9 Å². The van der Waals surface area contributed by atoms with Gasteiger partial charge in [-0.15, -0.1) is 0 Å². The van der Waals surface area contributed by atoms with E-state index in [4.69, 9.17) is 14.9 Å². The third kappa shape index (κ3) is 2.60. The van der Waals surface area contributed by atoms with Gasteiger partial charge in [-0.3, -0.25) is 9.69 Å². The molecule has 0 spiro atoms. The molecule has 8 heteroatoms. The second-order valence-corrected chi connectivity index (χ2v) is 7.07. The Balaban J connectivity index is 1.98. The van der Waals surface area contributed by atoms with Crippen LogP contribution in [0.25, 0.3) is 0 Å². The van der Waals surface area contributed by atoms with E-state index >= 15 is 0 Å². The van der Waals surface area contributed by atoms with Crippen LogP contribution in [0.3, 0.4) is 0 Å². The van der Waals surface area contributed by atoms with E-state index in [1.54, 1.807) is 37.3 Å². The van der Waals surface area contributed by atoms with E-state index in [2.05, 4.69) is 6.07 Å². The van der Waals surface area contributed by atoms with Crippen LogP contribution in [-0.4, -0.2) is 23.4 Å². The largest absolute Gasteiger partial charge is 0.468 e. The van der Waals surface area contributed by atoms with Crippen LogP contribution in [0.4, 0.5) is 0 Å². The Kier molecular flexibility index (Phi) is 4.45. The fraction of sp³-hybridized carbons (Fsp3) is 0.150. The number of nitriles is 1. The summed E-state index contributed by atoms with van der Waals surface area (Å²) in [6.45, 7) is 1.80. The quantitative estimate of drug-likeness (QED) is 0.798. The summed E-state index contributed by atoms with van der Waals surface area (Å²) in [4.78, 5) is 27.8. The van der Waals surface area contributed by atoms with Crippen LogP contribution in [0.2, 0.25) is 0 Å². The number of hydrogen-bond donors (Lipinski definition) is 1. The maximum absolute atomic E-state index is 13.1. The van der Waals surface area contributed by atoms with Crippen molar-refractivity contribution in [2.75, 3.05) is 6.61 Å². The van der Waals surface area contributed by atoms with Crippen molar-refractivity contribution in [1.29, 1.82) is 5.26 Å². The molecule has 0 saturated carbocycles. The van der Waals surface area contributed by atoms with Gasteiger partial charge in [0.1, 0.15) is 16.6 Å². The van der Waals surface area contributed by atoms with Gasteiger partial charge < -0.3 is 14.9 Å². The normalized spacial score (nSPS) is 18.5. The number of esters is 1. The van der Waals surface area contributed by atoms with Crippen LogP contribution in [0.1, 0.15) is 29.0 Å². The van der Waals surface area contributed by atoms with Crippen LogP contribution >= 0.6 is 11.8 Å². The molecule has 28 heavy (non-hydrogen) atoms. The molecular formula is C20H15N3O4S. The Morgan fingerprint density at radius 3 is 2.82 bits per heavy atom. The first-order valence-electron chi connectivity index (χ1n) is 8.54. The summed E-state index contributed by atoms with van der Waals surface area (Å²) in [7, 11) is 0. The van der Waals surface area contributed by atoms with Gasteiger partial charge in [0.15, 0.2) is 0 Å². The van der Waals surface area contributed by atoms with Gasteiger partial charge in [0.2, 0.25) is 0 Å². The summed E-state index contributed by atoms with van der Waals surface area (Å²) in [5, 5.41) is 10.3. The summed E-state index contributed by atoms with van der Waals surface area (Å²) < 4.78 is 10.7. The van der Waals surface area contributed by atoms with Gasteiger partial charge in [0, 0.05) is 4.90 Å². The lowest BCUT2D eigenvalue weighted by atomic mass is 9.86. The molecule has 0 fully saturated rings. The van der Waals surface area contributed by atoms with Crippen LogP contribution in [0.15, 0.2) is 74.0 Å². The summed E-state index contributed by atoms with van der Waals surface area (Å²) in [5.74, 6) is -1.61. The molecule has 1 amide bonds. The summed E-state index contributed by atoms with van der Waals surface area (Å²) >= 11 is 1.26. The molecule has 0 bridgehead atoms. The van der Waals surface area contributed by atoms with Crippen molar-refractivity contribution in [3.05, 3.63) is 76.0 Å². The number of carbonyl (C=O) groups is 2. The Hall–Kier alpha value is -3.44. The number of nitrogens with zero attached hydrogens (tertiary/aromatic N) is 2. The number of fused-ring (bicyclic) bond motifs is 2. The number of thioether (sulfide) groups is 1. The Morgan fingerprint density at radius 1 is 1.36 bits per heavy atom. The molecule has 1 atom stereocenters. The molecule has 1 aromatic heterocycles. The average Bonchev–Trinajstić information content (AvgIpc) is 3.22. The number of carbonyl (C=O) groups excluding carboxylic acids is 2. The number of furan rings is 1. The molecular weight excluding hydrogens is 378 g/mol. The Bertz CT molecular complexity index is 1080. The molecule has 7 nitrogen and oxygen atoms in total. The van der Waals surface area contributed by atoms with Gasteiger partial charge >= 0.3 is 5.97 Å². The van der Waals surface area contributed by atoms with Crippen LogP contribution in [-0.2, 0) is 9.53 Å². The van der Waals surface area contributed by atoms with Gasteiger partial charge in [-0.25, -0.2) is 4.79 Å². The summed E-state index contributed by atoms with van der Waals surface area (Å²) in [6.07, 6.45) is 1.45. The van der Waals surface area contributed by atoms with Gasteiger partial charge in [-0.1, -0.05) is 23.9 Å². The van der Waals surface area contributed by atoms with E-state index in [-0.39, 0.29) is 23.6 Å². The van der Waals surface area contributed by atoms with E-state index in [1.807, 2.05) is 6.07 Å². The lowest BCUT2D eigenvalue weighted by Gasteiger charge is -2.37. The van der Waals surface area contributed by atoms with E-state index in [9.17, 15) is 14.9 Å². The smallest absolute Gasteiger partial charge is 0.338 e. The predicted molar refractivity (Wildman–Crippen MR) is 100 cm³/mol. The number of ether oxygens (including phenoxy) is 1. The molecule has 140 valence electrons. The molecule has 2 N–H and O–H groups in total. The van der Waals surface area contributed by atoms with E-state index in [0.717, 1.165) is 4.90 Å². The molecule has 0 unspecified atom stereocenters. The molecule has 0 saturated heterocycles. The van der Waals surface area contributed by atoms with Crippen molar-refractivity contribution in [1.82, 2.24) is 4.90 Å². The first kappa shape index (κ1) is 17.9. The molecule has 0 radical (unpaired) electrons. The highest BCUT2D eigenvalue weighted by molar-refractivity contribution is 8.03. The molecule has 4 rings (SSSR count). The van der Waals surface area contributed by atoms with Gasteiger partial charge in [-0.2, -0.15) is 5.26 Å². The molecule has 2 aliphatic heterocycles. The predicted octanol–water partition coefficient (Wildman–Crippen LogP) is 3.09. The third-order valence-corrected chi connectivity index (χ3v) is 5.67. The zero-order valence-corrected chi connectivity index (χ0v) is 15.7. The highest BCUT2D eigenvalue weighted by Gasteiger charge is 2.45. The molecule has 0 aliphatic carbocycles. The van der Waals surface area contributed by atoms with Crippen molar-refractivity contribution >= 4 is 23.6 Å². The number of amides is 1. The average molecular weight is 393 g/mol. The minimum absolute atomic E-state index is 0.0189. The summed E-state index contributed by atoms with van der Waals surface area (Å²) in [6, 6.07) is 12.5. The third-order valence-electron chi connectivity index (χ3n) is 4.50. The first-order chi connectivity index (χ1) is 13.6. The SMILES string of the molecule is CCOC(=O)C1=C(N)N2C(=O)c3ccccc3SC2=C(C#N)[C@@H]1c1ccco1. The van der Waals surface area contributed by atoms with Crippen LogP contribution in [0, 0.1) is 11.3 Å². The Labute approximate surface area is 165 Å². The fourth-order valence-electron chi connectivity index (χ4n) is 3.31. The molecule has 3 heterocycles. The number of allylic oxidation sites excluding steroid dienone is 1. The van der Waals surface area contributed by atoms with Gasteiger partial charge in [-0.05, 0) is 31.2 Å². The maximum atomic E-state index is 13.1. The highest BCUT2D eigenvalue weighted by Crippen LogP contribution is 2.49. The number of benzene rings is 1. The molecule has 1 aromatic carbocycles. The summed E-state index contributed by atoms with van der Waals surface area (Å²) in [5.41, 5.74) is 6.99. The number of hydrogen-bond acceptors (Lipinski definition) is 7. The van der Waals surface area contributed by atoms with Crippen molar-refractivity contribution < 1.29 is 18.7 Å². The van der Waals surface area contributed by atoms with E-state index < -0.39 is 17.8 Å². The number of nitrogens with two attached hydrogens (primary N) is 1. The standard InChI is InChI=1S/C20H15N3O4S/c1-2-26-20(25)16-15(13-7-5-9-27-13)12(10-21)19-23(17(16)22)18(24)11-6-3-4-8-14(11)28-19/h3-9,15H,2,22H2,1H3/t15-/m1/s1. The second-order valence-electron chi connectivity index (χ2n) is 6.04. The zero-order chi connectivity index (χ0) is 19.8. The minimum atomic E-state index is -0.851. The van der Waals surface area contributed by atoms with Gasteiger partial charge in [0.25, 0.3) is 5.91 Å². The van der Waals surface area contributed by atoms with Crippen molar-refractivity contribution in [3.63, 3.8) is 0 Å². The fourth-order valence-corrected chi connectivity index (χ4v) is 4.48. The van der Waals surface area contributed by atoms with Crippen LogP contribution < -0.4 is 5.73 Å². The highest BCUT2D eigenvalue weighted by atomic mass is 32.2.